The second-order valence-corrected chi connectivity index (χ2v) is 8.57. The van der Waals surface area contributed by atoms with E-state index in [0.717, 1.165) is 44.6 Å². The molecule has 0 aromatic heterocycles. The molecule has 0 saturated carbocycles. The Morgan fingerprint density at radius 1 is 1.10 bits per heavy atom. The number of hydrogen-bond donors (Lipinski definition) is 0. The maximum Gasteiger partial charge on any atom is 0.227 e. The van der Waals surface area contributed by atoms with Crippen molar-refractivity contribution in [2.24, 2.45) is 5.92 Å². The summed E-state index contributed by atoms with van der Waals surface area (Å²) >= 11 is 5.59. The molecule has 29 heavy (non-hydrogen) atoms. The topological polar surface area (TPSA) is 29.5 Å². The van der Waals surface area contributed by atoms with Gasteiger partial charge in [-0.2, -0.15) is 0 Å². The lowest BCUT2D eigenvalue weighted by Gasteiger charge is -2.38. The van der Waals surface area contributed by atoms with Crippen LogP contribution in [0, 0.1) is 5.92 Å². The minimum atomic E-state index is -0.199. The summed E-state index contributed by atoms with van der Waals surface area (Å²) in [4.78, 5) is 13.5. The zero-order chi connectivity index (χ0) is 20.4. The zero-order valence-corrected chi connectivity index (χ0v) is 18.0. The molecule has 3 nitrogen and oxygen atoms in total. The number of halogens is 1. The summed E-state index contributed by atoms with van der Waals surface area (Å²) in [7, 11) is 0. The maximum absolute atomic E-state index is 11.2. The molecule has 1 aliphatic carbocycles. The summed E-state index contributed by atoms with van der Waals surface area (Å²) in [6.07, 6.45) is 3.16. The Balaban J connectivity index is 1.39. The van der Waals surface area contributed by atoms with E-state index < -0.39 is 0 Å². The molecule has 0 N–H and O–H groups in total. The fourth-order valence-electron chi connectivity index (χ4n) is 4.24. The van der Waals surface area contributed by atoms with E-state index in [-0.39, 0.29) is 11.2 Å². The average Bonchev–Trinajstić information content (AvgIpc) is 2.70. The van der Waals surface area contributed by atoms with Crippen LogP contribution in [0.25, 0.3) is 5.57 Å². The van der Waals surface area contributed by atoms with Crippen LogP contribution in [0.4, 0.5) is 0 Å². The van der Waals surface area contributed by atoms with Crippen molar-refractivity contribution in [3.63, 3.8) is 0 Å². The Bertz CT molecular complexity index is 926. The van der Waals surface area contributed by atoms with Crippen molar-refractivity contribution in [2.75, 3.05) is 19.6 Å². The first-order chi connectivity index (χ1) is 14.0. The molecule has 0 amide bonds. The summed E-state index contributed by atoms with van der Waals surface area (Å²) in [5.74, 6) is 0.956. The Morgan fingerprint density at radius 2 is 1.83 bits per heavy atom. The summed E-state index contributed by atoms with van der Waals surface area (Å²) < 4.78 is 6.05. The lowest BCUT2D eigenvalue weighted by Crippen LogP contribution is -2.49. The van der Waals surface area contributed by atoms with Gasteiger partial charge in [-0.15, -0.1) is 0 Å². The minimum Gasteiger partial charge on any atom is -0.489 e. The van der Waals surface area contributed by atoms with Gasteiger partial charge in [0.1, 0.15) is 12.4 Å². The summed E-state index contributed by atoms with van der Waals surface area (Å²) in [5, 5.41) is -0.199. The highest BCUT2D eigenvalue weighted by molar-refractivity contribution is 6.64. The van der Waals surface area contributed by atoms with Gasteiger partial charge in [-0.1, -0.05) is 42.8 Å². The number of aryl methyl sites for hydroxylation is 2. The number of carbonyl (C=O) groups excluding carboxylic acids is 1. The third-order valence-electron chi connectivity index (χ3n) is 6.24. The molecule has 0 atom stereocenters. The Morgan fingerprint density at radius 3 is 2.52 bits per heavy atom. The summed E-state index contributed by atoms with van der Waals surface area (Å²) in [6, 6.07) is 15.1. The third kappa shape index (κ3) is 4.57. The third-order valence-corrected chi connectivity index (χ3v) is 6.55. The molecule has 2 aromatic carbocycles. The summed E-state index contributed by atoms with van der Waals surface area (Å²) in [5.41, 5.74) is 8.08. The quantitative estimate of drug-likeness (QED) is 0.585. The van der Waals surface area contributed by atoms with Crippen LogP contribution < -0.4 is 4.74 Å². The van der Waals surface area contributed by atoms with Crippen molar-refractivity contribution in [3.05, 3.63) is 70.3 Å². The number of carbonyl (C=O) groups is 1. The van der Waals surface area contributed by atoms with Crippen LogP contribution >= 0.6 is 11.6 Å². The van der Waals surface area contributed by atoms with Crippen LogP contribution in [-0.2, 0) is 24.2 Å². The maximum atomic E-state index is 11.2. The monoisotopic (exact) mass is 409 g/mol. The zero-order valence-electron chi connectivity index (χ0n) is 17.2. The number of likely N-dealkylation sites (tertiary alicyclic amines) is 1. The number of fused-ring (bicyclic) bond motifs is 1. The summed E-state index contributed by atoms with van der Waals surface area (Å²) in [6.45, 7) is 7.50. The van der Waals surface area contributed by atoms with Crippen LogP contribution in [0.1, 0.15) is 42.5 Å². The number of nitrogens with zero attached hydrogens (tertiary/aromatic N) is 1. The van der Waals surface area contributed by atoms with E-state index in [9.17, 15) is 4.79 Å². The van der Waals surface area contributed by atoms with Gasteiger partial charge < -0.3 is 4.74 Å². The van der Waals surface area contributed by atoms with E-state index in [0.29, 0.717) is 6.61 Å². The predicted octanol–water partition coefficient (Wildman–Crippen LogP) is 5.24. The number of rotatable bonds is 7. The molecule has 1 fully saturated rings. The normalized spacial score (nSPS) is 17.1. The van der Waals surface area contributed by atoms with Crippen LogP contribution in [-0.4, -0.2) is 29.8 Å². The fourth-order valence-corrected chi connectivity index (χ4v) is 4.38. The first-order valence-electron chi connectivity index (χ1n) is 10.5. The molecule has 1 saturated heterocycles. The van der Waals surface area contributed by atoms with Crippen LogP contribution in [0.2, 0.25) is 0 Å². The van der Waals surface area contributed by atoms with Gasteiger partial charge in [0.25, 0.3) is 0 Å². The van der Waals surface area contributed by atoms with Crippen molar-refractivity contribution in [3.8, 4) is 5.75 Å². The van der Waals surface area contributed by atoms with Gasteiger partial charge in [-0.3, -0.25) is 9.69 Å². The van der Waals surface area contributed by atoms with Crippen LogP contribution in [0.15, 0.2) is 48.0 Å². The standard InChI is InChI=1S/C25H28ClNO2/c1-3-18-4-6-19(7-5-18)16-29-23-10-11-24-17(2)21(9-8-20(24)12-23)13-27-14-22(15-27)25(26)28/h4-7,10-12,22H,3,8-9,13-16H2,1-2H3. The highest BCUT2D eigenvalue weighted by Crippen LogP contribution is 2.34. The smallest absolute Gasteiger partial charge is 0.227 e. The van der Waals surface area contributed by atoms with Crippen molar-refractivity contribution in [1.82, 2.24) is 4.90 Å². The molecule has 1 heterocycles. The van der Waals surface area contributed by atoms with E-state index in [4.69, 9.17) is 16.3 Å². The van der Waals surface area contributed by atoms with Crippen molar-refractivity contribution >= 4 is 22.4 Å². The van der Waals surface area contributed by atoms with E-state index >= 15 is 0 Å². The molecule has 0 bridgehead atoms. The van der Waals surface area contributed by atoms with E-state index in [1.165, 1.54) is 33.4 Å². The highest BCUT2D eigenvalue weighted by Gasteiger charge is 2.32. The number of allylic oxidation sites excluding steroid dienone is 1. The molecule has 0 radical (unpaired) electrons. The highest BCUT2D eigenvalue weighted by atomic mass is 35.5. The largest absolute Gasteiger partial charge is 0.489 e. The average molecular weight is 410 g/mol. The molecule has 4 heteroatoms. The number of ether oxygens (including phenoxy) is 1. The van der Waals surface area contributed by atoms with Gasteiger partial charge >= 0.3 is 0 Å². The molecule has 2 aromatic rings. The van der Waals surface area contributed by atoms with Gasteiger partial charge in [0.2, 0.25) is 5.24 Å². The van der Waals surface area contributed by atoms with Crippen molar-refractivity contribution in [2.45, 2.75) is 39.7 Å². The van der Waals surface area contributed by atoms with Gasteiger partial charge in [0, 0.05) is 19.6 Å². The predicted molar refractivity (Wildman–Crippen MR) is 118 cm³/mol. The molecule has 0 spiro atoms. The first-order valence-corrected chi connectivity index (χ1v) is 10.9. The molecule has 152 valence electrons. The van der Waals surface area contributed by atoms with Crippen molar-refractivity contribution in [1.29, 1.82) is 0 Å². The van der Waals surface area contributed by atoms with E-state index in [1.807, 2.05) is 0 Å². The molecular formula is C25H28ClNO2. The first kappa shape index (κ1) is 20.2. The Labute approximate surface area is 178 Å². The minimum absolute atomic E-state index is 0.0198. The second kappa shape index (κ2) is 8.73. The van der Waals surface area contributed by atoms with Gasteiger partial charge in [0.05, 0.1) is 5.92 Å². The molecule has 2 aliphatic rings. The molecule has 1 aliphatic heterocycles. The van der Waals surface area contributed by atoms with E-state index in [1.54, 1.807) is 0 Å². The lowest BCUT2D eigenvalue weighted by atomic mass is 9.85. The van der Waals surface area contributed by atoms with Crippen LogP contribution in [0.5, 0.6) is 5.75 Å². The SMILES string of the molecule is CCc1ccc(COc2ccc3c(c2)CCC(CN2CC(C(=O)Cl)C2)=C3C)cc1. The van der Waals surface area contributed by atoms with Gasteiger partial charge in [0.15, 0.2) is 0 Å². The Kier molecular flexibility index (Phi) is 6.07. The molecular weight excluding hydrogens is 382 g/mol. The number of benzene rings is 2. The molecule has 4 rings (SSSR count). The van der Waals surface area contributed by atoms with Crippen molar-refractivity contribution < 1.29 is 9.53 Å². The lowest BCUT2D eigenvalue weighted by molar-refractivity contribution is -0.119. The van der Waals surface area contributed by atoms with Gasteiger partial charge in [-0.25, -0.2) is 0 Å². The second-order valence-electron chi connectivity index (χ2n) is 8.20. The van der Waals surface area contributed by atoms with Gasteiger partial charge in [-0.05, 0) is 77.7 Å². The fraction of sp³-hybridized carbons (Fsp3) is 0.400. The van der Waals surface area contributed by atoms with Crippen LogP contribution in [0.3, 0.4) is 0 Å². The molecule has 0 unspecified atom stereocenters. The Hall–Kier alpha value is -2.10. The van der Waals surface area contributed by atoms with E-state index in [2.05, 4.69) is 61.2 Å². The number of hydrogen-bond acceptors (Lipinski definition) is 3.